The molecule has 0 aliphatic carbocycles. The first kappa shape index (κ1) is 11.6. The van der Waals surface area contributed by atoms with Crippen LogP contribution in [-0.4, -0.2) is 31.4 Å². The molecule has 0 radical (unpaired) electrons. The van der Waals surface area contributed by atoms with Crippen LogP contribution in [0.1, 0.15) is 11.7 Å². The van der Waals surface area contributed by atoms with E-state index in [2.05, 4.69) is 35.1 Å². The molecule has 1 saturated heterocycles. The molecule has 0 amide bonds. The smallest absolute Gasteiger partial charge is 0.120 e. The van der Waals surface area contributed by atoms with E-state index in [0.717, 1.165) is 25.5 Å². The number of nitrogens with zero attached hydrogens (tertiary/aromatic N) is 1. The minimum atomic E-state index is 0.280. The second kappa shape index (κ2) is 4.63. The van der Waals surface area contributed by atoms with Gasteiger partial charge in [-0.05, 0) is 18.2 Å². The molecular weight excluding hydrogens is 228 g/mol. The number of ether oxygens (including phenoxy) is 2. The number of morpholine rings is 1. The van der Waals surface area contributed by atoms with Crippen LogP contribution < -0.4 is 10.1 Å². The molecule has 0 saturated carbocycles. The van der Waals surface area contributed by atoms with E-state index in [-0.39, 0.29) is 6.04 Å². The van der Waals surface area contributed by atoms with Crippen molar-refractivity contribution in [3.05, 3.63) is 30.0 Å². The Kier molecular flexibility index (Phi) is 2.97. The average Bonchev–Trinajstić information content (AvgIpc) is 2.77. The molecule has 4 heteroatoms. The molecule has 0 spiro atoms. The van der Waals surface area contributed by atoms with Crippen molar-refractivity contribution in [3.63, 3.8) is 0 Å². The van der Waals surface area contributed by atoms with Crippen LogP contribution in [0, 0.1) is 0 Å². The van der Waals surface area contributed by atoms with Crippen molar-refractivity contribution in [2.75, 3.05) is 26.9 Å². The maximum Gasteiger partial charge on any atom is 0.120 e. The number of hydrogen-bond acceptors (Lipinski definition) is 3. The Balaban J connectivity index is 2.04. The second-order valence-corrected chi connectivity index (χ2v) is 4.63. The molecule has 0 bridgehead atoms. The summed E-state index contributed by atoms with van der Waals surface area (Å²) in [6.07, 6.45) is 0. The van der Waals surface area contributed by atoms with E-state index in [1.807, 2.05) is 6.07 Å². The van der Waals surface area contributed by atoms with Gasteiger partial charge >= 0.3 is 0 Å². The standard InChI is InChI=1S/C14H18N2O2/c1-16-13-8-11(17-2)4-3-10(13)7-14(16)12-9-18-6-5-15-12/h3-4,7-8,12,15H,5-6,9H2,1-2H3. The van der Waals surface area contributed by atoms with Crippen LogP contribution in [0.2, 0.25) is 0 Å². The lowest BCUT2D eigenvalue weighted by atomic mass is 10.2. The molecule has 96 valence electrons. The third-order valence-electron chi connectivity index (χ3n) is 3.57. The van der Waals surface area contributed by atoms with Crippen molar-refractivity contribution < 1.29 is 9.47 Å². The van der Waals surface area contributed by atoms with Crippen LogP contribution >= 0.6 is 0 Å². The minimum Gasteiger partial charge on any atom is -0.497 e. The molecule has 1 fully saturated rings. The fraction of sp³-hybridized carbons (Fsp3) is 0.429. The number of aryl methyl sites for hydroxylation is 1. The third-order valence-corrected chi connectivity index (χ3v) is 3.57. The lowest BCUT2D eigenvalue weighted by molar-refractivity contribution is 0.0749. The Bertz CT molecular complexity index is 556. The van der Waals surface area contributed by atoms with Gasteiger partial charge in [0.15, 0.2) is 0 Å². The van der Waals surface area contributed by atoms with Crippen molar-refractivity contribution in [1.29, 1.82) is 0 Å². The van der Waals surface area contributed by atoms with Crippen LogP contribution in [0.25, 0.3) is 10.9 Å². The van der Waals surface area contributed by atoms with Crippen LogP contribution in [0.5, 0.6) is 5.75 Å². The van der Waals surface area contributed by atoms with E-state index in [1.165, 1.54) is 16.6 Å². The largest absolute Gasteiger partial charge is 0.497 e. The van der Waals surface area contributed by atoms with Crippen LogP contribution in [-0.2, 0) is 11.8 Å². The molecule has 1 aliphatic rings. The molecular formula is C14H18N2O2. The molecule has 1 aromatic carbocycles. The minimum absolute atomic E-state index is 0.280. The number of methoxy groups -OCH3 is 1. The summed E-state index contributed by atoms with van der Waals surface area (Å²) in [4.78, 5) is 0. The van der Waals surface area contributed by atoms with Gasteiger partial charge in [0.05, 0.1) is 31.9 Å². The highest BCUT2D eigenvalue weighted by molar-refractivity contribution is 5.83. The van der Waals surface area contributed by atoms with Gasteiger partial charge in [-0.25, -0.2) is 0 Å². The average molecular weight is 246 g/mol. The Labute approximate surface area is 106 Å². The molecule has 1 aliphatic heterocycles. The van der Waals surface area contributed by atoms with Gasteiger partial charge in [-0.1, -0.05) is 0 Å². The van der Waals surface area contributed by atoms with E-state index in [1.54, 1.807) is 7.11 Å². The molecule has 1 atom stereocenters. The van der Waals surface area contributed by atoms with Gasteiger partial charge in [-0.3, -0.25) is 0 Å². The highest BCUT2D eigenvalue weighted by Gasteiger charge is 2.19. The fourth-order valence-corrected chi connectivity index (χ4v) is 2.55. The number of fused-ring (bicyclic) bond motifs is 1. The Hall–Kier alpha value is -1.52. The zero-order valence-electron chi connectivity index (χ0n) is 10.8. The molecule has 1 N–H and O–H groups in total. The van der Waals surface area contributed by atoms with Crippen LogP contribution in [0.15, 0.2) is 24.3 Å². The Morgan fingerprint density at radius 3 is 3.00 bits per heavy atom. The lowest BCUT2D eigenvalue weighted by Gasteiger charge is -2.24. The highest BCUT2D eigenvalue weighted by atomic mass is 16.5. The van der Waals surface area contributed by atoms with Crippen LogP contribution in [0.4, 0.5) is 0 Å². The van der Waals surface area contributed by atoms with Crippen molar-refractivity contribution in [3.8, 4) is 5.75 Å². The van der Waals surface area contributed by atoms with Gasteiger partial charge in [0, 0.05) is 30.7 Å². The molecule has 18 heavy (non-hydrogen) atoms. The second-order valence-electron chi connectivity index (χ2n) is 4.63. The van der Waals surface area contributed by atoms with Gasteiger partial charge in [-0.15, -0.1) is 0 Å². The van der Waals surface area contributed by atoms with Gasteiger partial charge in [0.2, 0.25) is 0 Å². The van der Waals surface area contributed by atoms with E-state index in [0.29, 0.717) is 0 Å². The zero-order valence-corrected chi connectivity index (χ0v) is 10.8. The predicted molar refractivity (Wildman–Crippen MR) is 71.0 cm³/mol. The van der Waals surface area contributed by atoms with E-state index in [9.17, 15) is 0 Å². The van der Waals surface area contributed by atoms with E-state index in [4.69, 9.17) is 9.47 Å². The number of rotatable bonds is 2. The number of hydrogen-bond donors (Lipinski definition) is 1. The molecule has 3 rings (SSSR count). The molecule has 2 aromatic rings. The number of benzene rings is 1. The maximum absolute atomic E-state index is 5.53. The summed E-state index contributed by atoms with van der Waals surface area (Å²) in [6.45, 7) is 2.45. The summed E-state index contributed by atoms with van der Waals surface area (Å²) < 4.78 is 13.0. The first-order valence-corrected chi connectivity index (χ1v) is 6.24. The highest BCUT2D eigenvalue weighted by Crippen LogP contribution is 2.27. The Morgan fingerprint density at radius 2 is 2.28 bits per heavy atom. The van der Waals surface area contributed by atoms with Gasteiger partial charge < -0.3 is 19.4 Å². The van der Waals surface area contributed by atoms with Crippen molar-refractivity contribution >= 4 is 10.9 Å². The van der Waals surface area contributed by atoms with E-state index < -0.39 is 0 Å². The van der Waals surface area contributed by atoms with Gasteiger partial charge in [0.1, 0.15) is 5.75 Å². The summed E-state index contributed by atoms with van der Waals surface area (Å²) in [7, 11) is 3.79. The SMILES string of the molecule is COc1ccc2cc(C3COCCN3)n(C)c2c1. The summed E-state index contributed by atoms with van der Waals surface area (Å²) >= 11 is 0. The normalized spacial score (nSPS) is 20.2. The van der Waals surface area contributed by atoms with E-state index >= 15 is 0 Å². The maximum atomic E-state index is 5.53. The Morgan fingerprint density at radius 1 is 1.39 bits per heavy atom. The third kappa shape index (κ3) is 1.87. The first-order chi connectivity index (χ1) is 8.79. The number of aromatic nitrogens is 1. The van der Waals surface area contributed by atoms with Gasteiger partial charge in [0.25, 0.3) is 0 Å². The topological polar surface area (TPSA) is 35.4 Å². The zero-order chi connectivity index (χ0) is 12.5. The van der Waals surface area contributed by atoms with Crippen molar-refractivity contribution in [2.45, 2.75) is 6.04 Å². The molecule has 1 aromatic heterocycles. The lowest BCUT2D eigenvalue weighted by Crippen LogP contribution is -2.35. The predicted octanol–water partition coefficient (Wildman–Crippen LogP) is 1.85. The van der Waals surface area contributed by atoms with Crippen molar-refractivity contribution in [1.82, 2.24) is 9.88 Å². The first-order valence-electron chi connectivity index (χ1n) is 6.24. The monoisotopic (exact) mass is 246 g/mol. The molecule has 4 nitrogen and oxygen atoms in total. The summed E-state index contributed by atoms with van der Waals surface area (Å²) in [6, 6.07) is 8.67. The van der Waals surface area contributed by atoms with Crippen LogP contribution in [0.3, 0.4) is 0 Å². The fourth-order valence-electron chi connectivity index (χ4n) is 2.55. The number of nitrogens with one attached hydrogen (secondary N) is 1. The molecule has 2 heterocycles. The van der Waals surface area contributed by atoms with Crippen molar-refractivity contribution in [2.24, 2.45) is 7.05 Å². The summed E-state index contributed by atoms with van der Waals surface area (Å²) in [5, 5.41) is 4.73. The quantitative estimate of drug-likeness (QED) is 0.878. The summed E-state index contributed by atoms with van der Waals surface area (Å²) in [5.41, 5.74) is 2.45. The summed E-state index contributed by atoms with van der Waals surface area (Å²) in [5.74, 6) is 0.892. The van der Waals surface area contributed by atoms with Gasteiger partial charge in [-0.2, -0.15) is 0 Å². The molecule has 1 unspecified atom stereocenters.